The van der Waals surface area contributed by atoms with E-state index in [1.54, 1.807) is 7.11 Å². The van der Waals surface area contributed by atoms with Gasteiger partial charge in [0.1, 0.15) is 5.75 Å². The van der Waals surface area contributed by atoms with E-state index in [4.69, 9.17) is 9.26 Å². The van der Waals surface area contributed by atoms with Crippen molar-refractivity contribution in [2.45, 2.75) is 95.1 Å². The molecule has 31 heavy (non-hydrogen) atoms. The van der Waals surface area contributed by atoms with Gasteiger partial charge in [0.2, 0.25) is 5.76 Å². The molecule has 1 heterocycles. The summed E-state index contributed by atoms with van der Waals surface area (Å²) in [5.41, 5.74) is 2.87. The first kappa shape index (κ1) is 20.6. The largest absolute Gasteiger partial charge is 0.497 e. The van der Waals surface area contributed by atoms with E-state index < -0.39 is 0 Å². The third-order valence-electron chi connectivity index (χ3n) is 7.43. The molecule has 166 valence electrons. The van der Waals surface area contributed by atoms with Gasteiger partial charge < -0.3 is 14.2 Å². The van der Waals surface area contributed by atoms with Crippen LogP contribution in [0.5, 0.6) is 5.75 Å². The van der Waals surface area contributed by atoms with Gasteiger partial charge in [-0.15, -0.1) is 0 Å². The molecule has 3 aliphatic carbocycles. The van der Waals surface area contributed by atoms with Crippen LogP contribution in [-0.4, -0.2) is 35.2 Å². The molecule has 5 heteroatoms. The van der Waals surface area contributed by atoms with Crippen LogP contribution in [0.1, 0.15) is 99.2 Å². The standard InChI is InChI=1S/C26H34N2O3/c1-30-22-16-14-18(15-17-22)23-24(19-12-13-19)27-31-25(23)26(29)28(20-8-4-2-5-9-20)21-10-6-3-7-11-21/h14-17,19-21H,2-13H2,1H3. The van der Waals surface area contributed by atoms with Gasteiger partial charge in [0, 0.05) is 18.0 Å². The predicted octanol–water partition coefficient (Wildman–Crippen LogP) is 6.34. The summed E-state index contributed by atoms with van der Waals surface area (Å²) in [6.07, 6.45) is 14.2. The SMILES string of the molecule is COc1ccc(-c2c(C3CC3)noc2C(=O)N(C2CCCCC2)C2CCCCC2)cc1. The summed E-state index contributed by atoms with van der Waals surface area (Å²) in [5, 5.41) is 4.44. The molecule has 3 fully saturated rings. The number of aromatic nitrogens is 1. The van der Waals surface area contributed by atoms with E-state index in [1.165, 1.54) is 38.5 Å². The summed E-state index contributed by atoms with van der Waals surface area (Å²) in [4.78, 5) is 16.3. The number of carbonyl (C=O) groups excluding carboxylic acids is 1. The lowest BCUT2D eigenvalue weighted by molar-refractivity contribution is 0.0409. The van der Waals surface area contributed by atoms with E-state index in [0.717, 1.165) is 61.1 Å². The van der Waals surface area contributed by atoms with E-state index in [2.05, 4.69) is 10.1 Å². The molecule has 5 rings (SSSR count). The molecule has 1 aromatic heterocycles. The van der Waals surface area contributed by atoms with Crippen molar-refractivity contribution in [2.24, 2.45) is 0 Å². The van der Waals surface area contributed by atoms with Crippen LogP contribution in [0.3, 0.4) is 0 Å². The van der Waals surface area contributed by atoms with Gasteiger partial charge in [-0.1, -0.05) is 55.8 Å². The third kappa shape index (κ3) is 4.24. The molecule has 0 unspecified atom stereocenters. The Bertz CT molecular complexity index is 870. The Morgan fingerprint density at radius 2 is 1.48 bits per heavy atom. The predicted molar refractivity (Wildman–Crippen MR) is 120 cm³/mol. The highest BCUT2D eigenvalue weighted by Crippen LogP contribution is 2.46. The number of methoxy groups -OCH3 is 1. The van der Waals surface area contributed by atoms with Gasteiger partial charge in [0.25, 0.3) is 5.91 Å². The lowest BCUT2D eigenvalue weighted by atomic mass is 9.88. The van der Waals surface area contributed by atoms with Crippen molar-refractivity contribution >= 4 is 5.91 Å². The second-order valence-corrected chi connectivity index (χ2v) is 9.57. The van der Waals surface area contributed by atoms with Gasteiger partial charge in [-0.2, -0.15) is 0 Å². The molecular formula is C26H34N2O3. The van der Waals surface area contributed by atoms with E-state index in [9.17, 15) is 4.79 Å². The number of benzene rings is 1. The maximum atomic E-state index is 14.1. The van der Waals surface area contributed by atoms with E-state index >= 15 is 0 Å². The van der Waals surface area contributed by atoms with Crippen LogP contribution in [-0.2, 0) is 0 Å². The Morgan fingerprint density at radius 3 is 2.00 bits per heavy atom. The molecule has 1 aromatic carbocycles. The first-order chi connectivity index (χ1) is 15.3. The lowest BCUT2D eigenvalue weighted by Gasteiger charge is -2.41. The first-order valence-electron chi connectivity index (χ1n) is 12.2. The Labute approximate surface area is 185 Å². The highest BCUT2D eigenvalue weighted by Gasteiger charge is 2.39. The summed E-state index contributed by atoms with van der Waals surface area (Å²) >= 11 is 0. The lowest BCUT2D eigenvalue weighted by Crippen LogP contribution is -2.48. The Hall–Kier alpha value is -2.30. The number of nitrogens with zero attached hydrogens (tertiary/aromatic N) is 2. The van der Waals surface area contributed by atoms with Crippen molar-refractivity contribution in [3.8, 4) is 16.9 Å². The minimum atomic E-state index is 0.0593. The molecule has 3 aliphatic rings. The normalized spacial score (nSPS) is 20.5. The number of amides is 1. The number of rotatable bonds is 6. The molecule has 0 bridgehead atoms. The highest BCUT2D eigenvalue weighted by molar-refractivity contribution is 5.99. The first-order valence-corrected chi connectivity index (χ1v) is 12.2. The zero-order chi connectivity index (χ0) is 21.2. The monoisotopic (exact) mass is 422 g/mol. The molecule has 5 nitrogen and oxygen atoms in total. The fourth-order valence-electron chi connectivity index (χ4n) is 5.59. The second-order valence-electron chi connectivity index (χ2n) is 9.57. The van der Waals surface area contributed by atoms with E-state index in [0.29, 0.717) is 23.8 Å². The maximum absolute atomic E-state index is 14.1. The molecule has 0 N–H and O–H groups in total. The van der Waals surface area contributed by atoms with Gasteiger partial charge in [-0.3, -0.25) is 4.79 Å². The average molecular weight is 423 g/mol. The molecule has 0 aliphatic heterocycles. The van der Waals surface area contributed by atoms with Gasteiger partial charge in [0.15, 0.2) is 0 Å². The summed E-state index contributed by atoms with van der Waals surface area (Å²) in [6, 6.07) is 8.63. The molecule has 0 spiro atoms. The minimum absolute atomic E-state index is 0.0593. The van der Waals surface area contributed by atoms with Crippen LogP contribution in [0.4, 0.5) is 0 Å². The van der Waals surface area contributed by atoms with Crippen molar-refractivity contribution in [1.29, 1.82) is 0 Å². The average Bonchev–Trinajstić information content (AvgIpc) is 3.58. The van der Waals surface area contributed by atoms with E-state index in [-0.39, 0.29) is 5.91 Å². The summed E-state index contributed by atoms with van der Waals surface area (Å²) in [5.74, 6) is 1.74. The van der Waals surface area contributed by atoms with Crippen LogP contribution in [0.2, 0.25) is 0 Å². The molecular weight excluding hydrogens is 388 g/mol. The van der Waals surface area contributed by atoms with Crippen LogP contribution in [0.15, 0.2) is 28.8 Å². The molecule has 3 saturated carbocycles. The van der Waals surface area contributed by atoms with E-state index in [1.807, 2.05) is 24.3 Å². The zero-order valence-electron chi connectivity index (χ0n) is 18.6. The van der Waals surface area contributed by atoms with Gasteiger partial charge in [-0.25, -0.2) is 0 Å². The van der Waals surface area contributed by atoms with Crippen molar-refractivity contribution in [2.75, 3.05) is 7.11 Å². The van der Waals surface area contributed by atoms with Crippen molar-refractivity contribution in [1.82, 2.24) is 10.1 Å². The molecule has 0 radical (unpaired) electrons. The fraction of sp³-hybridized carbons (Fsp3) is 0.615. The fourth-order valence-corrected chi connectivity index (χ4v) is 5.59. The molecule has 0 atom stereocenters. The number of carbonyl (C=O) groups is 1. The molecule has 2 aromatic rings. The van der Waals surface area contributed by atoms with Crippen molar-refractivity contribution in [3.63, 3.8) is 0 Å². The second kappa shape index (κ2) is 9.05. The minimum Gasteiger partial charge on any atom is -0.497 e. The Balaban J connectivity index is 1.52. The Morgan fingerprint density at radius 1 is 0.903 bits per heavy atom. The number of ether oxygens (including phenoxy) is 1. The molecule has 0 saturated heterocycles. The summed E-state index contributed by atoms with van der Waals surface area (Å²) in [7, 11) is 1.67. The van der Waals surface area contributed by atoms with Crippen LogP contribution in [0, 0.1) is 0 Å². The van der Waals surface area contributed by atoms with Crippen molar-refractivity contribution < 1.29 is 14.1 Å². The van der Waals surface area contributed by atoms with Gasteiger partial charge in [-0.05, 0) is 56.2 Å². The third-order valence-corrected chi connectivity index (χ3v) is 7.43. The Kier molecular flexibility index (Phi) is 6.02. The maximum Gasteiger partial charge on any atom is 0.293 e. The van der Waals surface area contributed by atoms with Crippen molar-refractivity contribution in [3.05, 3.63) is 35.7 Å². The van der Waals surface area contributed by atoms with Gasteiger partial charge in [0.05, 0.1) is 18.4 Å². The summed E-state index contributed by atoms with van der Waals surface area (Å²) < 4.78 is 11.2. The van der Waals surface area contributed by atoms with Gasteiger partial charge >= 0.3 is 0 Å². The summed E-state index contributed by atoms with van der Waals surface area (Å²) in [6.45, 7) is 0. The number of hydrogen-bond donors (Lipinski definition) is 0. The smallest absolute Gasteiger partial charge is 0.293 e. The molecule has 1 amide bonds. The number of hydrogen-bond acceptors (Lipinski definition) is 4. The quantitative estimate of drug-likeness (QED) is 0.545. The topological polar surface area (TPSA) is 55.6 Å². The highest BCUT2D eigenvalue weighted by atomic mass is 16.5. The zero-order valence-corrected chi connectivity index (χ0v) is 18.6. The van der Waals surface area contributed by atoms with Crippen LogP contribution in [0.25, 0.3) is 11.1 Å². The van der Waals surface area contributed by atoms with Crippen LogP contribution >= 0.6 is 0 Å². The van der Waals surface area contributed by atoms with Crippen LogP contribution < -0.4 is 4.74 Å².